The molecule has 0 spiro atoms. The van der Waals surface area contributed by atoms with Gasteiger partial charge in [-0.1, -0.05) is 30.3 Å². The number of hydrogen-bond acceptors (Lipinski definition) is 4. The van der Waals surface area contributed by atoms with E-state index in [1.165, 1.54) is 5.56 Å². The molecule has 1 aliphatic heterocycles. The van der Waals surface area contributed by atoms with Crippen LogP contribution in [-0.2, 0) is 0 Å². The average molecular weight is 293 g/mol. The number of rotatable bonds is 3. The first-order chi connectivity index (χ1) is 10.7. The van der Waals surface area contributed by atoms with Gasteiger partial charge in [-0.15, -0.1) is 0 Å². The van der Waals surface area contributed by atoms with Crippen molar-refractivity contribution in [3.05, 3.63) is 59.7 Å². The second kappa shape index (κ2) is 4.87. The predicted molar refractivity (Wildman–Crippen MR) is 83.9 cm³/mol. The topological polar surface area (TPSA) is 72.4 Å². The molecule has 1 fully saturated rings. The first-order valence-electron chi connectivity index (χ1n) is 7.21. The molecule has 0 unspecified atom stereocenters. The number of carbonyl (C=O) groups excluding carboxylic acids is 1. The molecule has 0 bridgehead atoms. The normalized spacial score (nSPS) is 15.0. The quantitative estimate of drug-likeness (QED) is 0.805. The van der Waals surface area contributed by atoms with Crippen molar-refractivity contribution in [2.45, 2.75) is 5.92 Å². The van der Waals surface area contributed by atoms with Crippen LogP contribution >= 0.6 is 0 Å². The van der Waals surface area contributed by atoms with Crippen molar-refractivity contribution in [2.24, 2.45) is 5.73 Å². The van der Waals surface area contributed by atoms with E-state index in [4.69, 9.17) is 10.2 Å². The molecule has 5 nitrogen and oxygen atoms in total. The summed E-state index contributed by atoms with van der Waals surface area (Å²) >= 11 is 0. The van der Waals surface area contributed by atoms with Crippen molar-refractivity contribution in [2.75, 3.05) is 18.0 Å². The molecule has 2 N–H and O–H groups in total. The van der Waals surface area contributed by atoms with Crippen molar-refractivity contribution in [1.29, 1.82) is 0 Å². The number of hydrogen-bond donors (Lipinski definition) is 1. The fourth-order valence-electron chi connectivity index (χ4n) is 2.77. The summed E-state index contributed by atoms with van der Waals surface area (Å²) in [7, 11) is 0. The summed E-state index contributed by atoms with van der Waals surface area (Å²) in [5.41, 5.74) is 8.40. The lowest BCUT2D eigenvalue weighted by Crippen LogP contribution is -2.45. The number of benzene rings is 2. The molecule has 3 aromatic rings. The smallest absolute Gasteiger partial charge is 0.298 e. The summed E-state index contributed by atoms with van der Waals surface area (Å²) in [5, 5.41) is 0. The van der Waals surface area contributed by atoms with E-state index < -0.39 is 5.91 Å². The zero-order valence-electron chi connectivity index (χ0n) is 11.9. The van der Waals surface area contributed by atoms with E-state index in [1.54, 1.807) is 18.2 Å². The van der Waals surface area contributed by atoms with Gasteiger partial charge in [0.25, 0.3) is 6.01 Å². The fraction of sp³-hybridized carbons (Fsp3) is 0.176. The summed E-state index contributed by atoms with van der Waals surface area (Å²) in [4.78, 5) is 17.8. The Bertz CT molecular complexity index is 835. The van der Waals surface area contributed by atoms with Crippen LogP contribution < -0.4 is 10.6 Å². The number of oxazole rings is 1. The maximum absolute atomic E-state index is 11.2. The molecule has 110 valence electrons. The highest BCUT2D eigenvalue weighted by molar-refractivity contribution is 5.96. The lowest BCUT2D eigenvalue weighted by molar-refractivity contribution is 0.100. The number of nitrogens with two attached hydrogens (primary N) is 1. The van der Waals surface area contributed by atoms with E-state index in [1.807, 2.05) is 6.07 Å². The van der Waals surface area contributed by atoms with Crippen LogP contribution in [0.15, 0.2) is 52.9 Å². The Labute approximate surface area is 127 Å². The second-order valence-corrected chi connectivity index (χ2v) is 5.56. The summed E-state index contributed by atoms with van der Waals surface area (Å²) in [6, 6.07) is 16.1. The van der Waals surface area contributed by atoms with E-state index in [0.29, 0.717) is 28.6 Å². The minimum Gasteiger partial charge on any atom is -0.423 e. The van der Waals surface area contributed by atoms with E-state index >= 15 is 0 Å². The van der Waals surface area contributed by atoms with Crippen molar-refractivity contribution >= 4 is 23.0 Å². The van der Waals surface area contributed by atoms with Gasteiger partial charge in [-0.3, -0.25) is 4.79 Å². The number of primary amides is 1. The minimum absolute atomic E-state index is 0.443. The van der Waals surface area contributed by atoms with Crippen molar-refractivity contribution < 1.29 is 9.21 Å². The van der Waals surface area contributed by atoms with E-state index in [-0.39, 0.29) is 0 Å². The number of amides is 1. The van der Waals surface area contributed by atoms with Crippen molar-refractivity contribution in [3.8, 4) is 0 Å². The van der Waals surface area contributed by atoms with E-state index in [0.717, 1.165) is 13.1 Å². The highest BCUT2D eigenvalue weighted by Gasteiger charge is 2.31. The standard InChI is InChI=1S/C17H15N3O2/c18-16(21)12-6-7-15-14(8-12)19-17(22-15)20-9-13(10-20)11-4-2-1-3-5-11/h1-8,13H,9-10H2,(H2,18,21). The third-order valence-electron chi connectivity index (χ3n) is 4.08. The Hall–Kier alpha value is -2.82. The van der Waals surface area contributed by atoms with Gasteiger partial charge in [0.1, 0.15) is 5.52 Å². The van der Waals surface area contributed by atoms with Crippen LogP contribution in [0.5, 0.6) is 0 Å². The summed E-state index contributed by atoms with van der Waals surface area (Å²) in [6.07, 6.45) is 0. The Morgan fingerprint density at radius 1 is 1.18 bits per heavy atom. The number of anilines is 1. The van der Waals surface area contributed by atoms with Crippen LogP contribution in [0.1, 0.15) is 21.8 Å². The zero-order chi connectivity index (χ0) is 15.1. The third kappa shape index (κ3) is 2.11. The maximum Gasteiger partial charge on any atom is 0.298 e. The Morgan fingerprint density at radius 2 is 1.95 bits per heavy atom. The number of aromatic nitrogens is 1. The fourth-order valence-corrected chi connectivity index (χ4v) is 2.77. The summed E-state index contributed by atoms with van der Waals surface area (Å²) in [5.74, 6) is 0.0527. The molecule has 0 atom stereocenters. The van der Waals surface area contributed by atoms with Gasteiger partial charge >= 0.3 is 0 Å². The Kier molecular flexibility index (Phi) is 2.85. The SMILES string of the molecule is NC(=O)c1ccc2oc(N3CC(c4ccccc4)C3)nc2c1. The van der Waals surface area contributed by atoms with Gasteiger partial charge in [-0.25, -0.2) is 0 Å². The van der Waals surface area contributed by atoms with Gasteiger partial charge in [0.15, 0.2) is 5.58 Å². The molecule has 1 saturated heterocycles. The van der Waals surface area contributed by atoms with Crippen LogP contribution in [0, 0.1) is 0 Å². The van der Waals surface area contributed by atoms with Crippen LogP contribution in [0.3, 0.4) is 0 Å². The number of carbonyl (C=O) groups is 1. The maximum atomic E-state index is 11.2. The van der Waals surface area contributed by atoms with E-state index in [9.17, 15) is 4.79 Å². The minimum atomic E-state index is -0.459. The number of nitrogens with zero attached hydrogens (tertiary/aromatic N) is 2. The van der Waals surface area contributed by atoms with Crippen LogP contribution in [-0.4, -0.2) is 24.0 Å². The zero-order valence-corrected chi connectivity index (χ0v) is 11.9. The first-order valence-corrected chi connectivity index (χ1v) is 7.21. The molecule has 0 radical (unpaired) electrons. The van der Waals surface area contributed by atoms with Crippen LogP contribution in [0.2, 0.25) is 0 Å². The molecular weight excluding hydrogens is 278 g/mol. The predicted octanol–water partition coefficient (Wildman–Crippen LogP) is 2.53. The second-order valence-electron chi connectivity index (χ2n) is 5.56. The largest absolute Gasteiger partial charge is 0.423 e. The Morgan fingerprint density at radius 3 is 2.68 bits per heavy atom. The van der Waals surface area contributed by atoms with Crippen molar-refractivity contribution in [3.63, 3.8) is 0 Å². The Balaban J connectivity index is 1.55. The molecule has 1 aliphatic rings. The molecule has 5 heteroatoms. The van der Waals surface area contributed by atoms with Crippen LogP contribution in [0.4, 0.5) is 6.01 Å². The molecule has 0 saturated carbocycles. The molecule has 2 heterocycles. The first kappa shape index (κ1) is 12.9. The van der Waals surface area contributed by atoms with Gasteiger partial charge in [-0.2, -0.15) is 4.98 Å². The summed E-state index contributed by atoms with van der Waals surface area (Å²) < 4.78 is 5.75. The average Bonchev–Trinajstić information content (AvgIpc) is 2.89. The molecular formula is C17H15N3O2. The highest BCUT2D eigenvalue weighted by Crippen LogP contribution is 2.32. The van der Waals surface area contributed by atoms with Gasteiger partial charge in [-0.05, 0) is 23.8 Å². The molecule has 22 heavy (non-hydrogen) atoms. The molecule has 2 aromatic carbocycles. The van der Waals surface area contributed by atoms with Gasteiger partial charge < -0.3 is 15.1 Å². The number of fused-ring (bicyclic) bond motifs is 1. The van der Waals surface area contributed by atoms with Crippen molar-refractivity contribution in [1.82, 2.24) is 4.98 Å². The molecule has 0 aliphatic carbocycles. The monoisotopic (exact) mass is 293 g/mol. The molecule has 4 rings (SSSR count). The van der Waals surface area contributed by atoms with Crippen LogP contribution in [0.25, 0.3) is 11.1 Å². The lowest BCUT2D eigenvalue weighted by Gasteiger charge is -2.38. The van der Waals surface area contributed by atoms with Gasteiger partial charge in [0.05, 0.1) is 0 Å². The van der Waals surface area contributed by atoms with E-state index in [2.05, 4.69) is 34.1 Å². The molecule has 1 aromatic heterocycles. The highest BCUT2D eigenvalue weighted by atomic mass is 16.4. The lowest BCUT2D eigenvalue weighted by atomic mass is 9.92. The molecule has 1 amide bonds. The summed E-state index contributed by atoms with van der Waals surface area (Å²) in [6.45, 7) is 1.78. The third-order valence-corrected chi connectivity index (χ3v) is 4.08. The van der Waals surface area contributed by atoms with Gasteiger partial charge in [0.2, 0.25) is 5.91 Å². The van der Waals surface area contributed by atoms with Gasteiger partial charge in [0, 0.05) is 24.6 Å².